The molecule has 1 saturated carbocycles. The Morgan fingerprint density at radius 2 is 2.11 bits per heavy atom. The summed E-state index contributed by atoms with van der Waals surface area (Å²) in [5.41, 5.74) is 8.73. The molecule has 0 bridgehead atoms. The first-order chi connectivity index (χ1) is 9.24. The number of hydrogen-bond acceptors (Lipinski definition) is 2. The first kappa shape index (κ1) is 12.6. The second kappa shape index (κ2) is 5.30. The molecule has 1 aliphatic carbocycles. The van der Waals surface area contributed by atoms with Crippen molar-refractivity contribution in [2.24, 2.45) is 17.6 Å². The van der Waals surface area contributed by atoms with Crippen molar-refractivity contribution in [1.29, 1.82) is 0 Å². The van der Waals surface area contributed by atoms with Crippen molar-refractivity contribution in [2.45, 2.75) is 38.6 Å². The molecule has 1 heterocycles. The molecule has 1 fully saturated rings. The van der Waals surface area contributed by atoms with E-state index in [4.69, 9.17) is 5.73 Å². The predicted octanol–water partition coefficient (Wildman–Crippen LogP) is 4.06. The van der Waals surface area contributed by atoms with Gasteiger partial charge in [0, 0.05) is 17.6 Å². The van der Waals surface area contributed by atoms with Crippen LogP contribution >= 0.6 is 0 Å². The van der Waals surface area contributed by atoms with E-state index in [1.54, 1.807) is 0 Å². The Morgan fingerprint density at radius 1 is 1.26 bits per heavy atom. The summed E-state index contributed by atoms with van der Waals surface area (Å²) in [5.74, 6) is 1.44. The molecule has 0 amide bonds. The zero-order valence-corrected chi connectivity index (χ0v) is 11.5. The van der Waals surface area contributed by atoms with Gasteiger partial charge in [-0.1, -0.05) is 38.0 Å². The van der Waals surface area contributed by atoms with Crippen LogP contribution in [-0.4, -0.2) is 4.98 Å². The van der Waals surface area contributed by atoms with Gasteiger partial charge in [0.05, 0.1) is 5.52 Å². The zero-order valence-electron chi connectivity index (χ0n) is 11.5. The number of rotatable bonds is 2. The molecule has 3 atom stereocenters. The Morgan fingerprint density at radius 3 is 2.95 bits per heavy atom. The van der Waals surface area contributed by atoms with Crippen molar-refractivity contribution in [3.8, 4) is 0 Å². The lowest BCUT2D eigenvalue weighted by molar-refractivity contribution is 0.248. The highest BCUT2D eigenvalue weighted by atomic mass is 14.7. The highest BCUT2D eigenvalue weighted by Crippen LogP contribution is 2.36. The Hall–Kier alpha value is -1.41. The third-order valence-electron chi connectivity index (χ3n) is 4.48. The Labute approximate surface area is 115 Å². The molecule has 2 nitrogen and oxygen atoms in total. The number of nitrogens with two attached hydrogens (primary N) is 1. The molecule has 2 heteroatoms. The summed E-state index contributed by atoms with van der Waals surface area (Å²) >= 11 is 0. The lowest BCUT2D eigenvalue weighted by Gasteiger charge is -2.31. The molecule has 0 radical (unpaired) electrons. The van der Waals surface area contributed by atoms with E-state index in [2.05, 4.69) is 30.1 Å². The molecule has 19 heavy (non-hydrogen) atoms. The number of aromatic nitrogens is 1. The molecule has 1 aromatic carbocycles. The highest BCUT2D eigenvalue weighted by Gasteiger charge is 2.25. The van der Waals surface area contributed by atoms with Crippen LogP contribution in [0.3, 0.4) is 0 Å². The van der Waals surface area contributed by atoms with Gasteiger partial charge in [-0.3, -0.25) is 4.98 Å². The fourth-order valence-electron chi connectivity index (χ4n) is 3.35. The van der Waals surface area contributed by atoms with Gasteiger partial charge in [-0.15, -0.1) is 0 Å². The summed E-state index contributed by atoms with van der Waals surface area (Å²) in [4.78, 5) is 4.54. The van der Waals surface area contributed by atoms with Crippen molar-refractivity contribution in [3.05, 3.63) is 42.1 Å². The van der Waals surface area contributed by atoms with Crippen LogP contribution in [0.1, 0.15) is 44.2 Å². The Balaban J connectivity index is 1.86. The van der Waals surface area contributed by atoms with E-state index in [1.807, 2.05) is 18.3 Å². The number of pyridine rings is 1. The number of benzene rings is 1. The number of fused-ring (bicyclic) bond motifs is 1. The minimum Gasteiger partial charge on any atom is -0.324 e. The van der Waals surface area contributed by atoms with Gasteiger partial charge in [-0.2, -0.15) is 0 Å². The van der Waals surface area contributed by atoms with Crippen LogP contribution in [0, 0.1) is 11.8 Å². The van der Waals surface area contributed by atoms with Gasteiger partial charge in [0.15, 0.2) is 0 Å². The lowest BCUT2D eigenvalue weighted by Crippen LogP contribution is -2.26. The summed E-state index contributed by atoms with van der Waals surface area (Å²) < 4.78 is 0. The van der Waals surface area contributed by atoms with Crippen LogP contribution in [0.5, 0.6) is 0 Å². The van der Waals surface area contributed by atoms with Crippen LogP contribution in [-0.2, 0) is 0 Å². The average Bonchev–Trinajstić information content (AvgIpc) is 2.46. The van der Waals surface area contributed by atoms with Gasteiger partial charge >= 0.3 is 0 Å². The van der Waals surface area contributed by atoms with Gasteiger partial charge in [0.2, 0.25) is 0 Å². The Kier molecular flexibility index (Phi) is 3.52. The summed E-state index contributed by atoms with van der Waals surface area (Å²) in [6, 6.07) is 10.6. The molecular weight excluding hydrogens is 232 g/mol. The summed E-state index contributed by atoms with van der Waals surface area (Å²) in [5, 5.41) is 1.19. The van der Waals surface area contributed by atoms with E-state index in [0.29, 0.717) is 5.92 Å². The van der Waals surface area contributed by atoms with E-state index in [1.165, 1.54) is 36.6 Å². The molecule has 1 aliphatic rings. The van der Waals surface area contributed by atoms with Crippen molar-refractivity contribution < 1.29 is 0 Å². The molecule has 1 aromatic heterocycles. The quantitative estimate of drug-likeness (QED) is 0.877. The summed E-state index contributed by atoms with van der Waals surface area (Å²) in [7, 11) is 0. The van der Waals surface area contributed by atoms with Crippen LogP contribution in [0.2, 0.25) is 0 Å². The minimum absolute atomic E-state index is 0.139. The van der Waals surface area contributed by atoms with Crippen LogP contribution in [0.15, 0.2) is 36.5 Å². The first-order valence-electron chi connectivity index (χ1n) is 7.34. The number of hydrogen-bond donors (Lipinski definition) is 1. The molecule has 2 aromatic rings. The van der Waals surface area contributed by atoms with E-state index < -0.39 is 0 Å². The normalized spacial score (nSPS) is 25.4. The van der Waals surface area contributed by atoms with Gasteiger partial charge in [-0.25, -0.2) is 0 Å². The highest BCUT2D eigenvalue weighted by molar-refractivity contribution is 5.78. The van der Waals surface area contributed by atoms with Gasteiger partial charge in [0.25, 0.3) is 0 Å². The van der Waals surface area contributed by atoms with E-state index >= 15 is 0 Å². The molecule has 3 rings (SSSR count). The maximum absolute atomic E-state index is 6.48. The molecular formula is C17H22N2. The van der Waals surface area contributed by atoms with E-state index in [-0.39, 0.29) is 6.04 Å². The third kappa shape index (κ3) is 2.64. The number of para-hydroxylation sites is 1. The monoisotopic (exact) mass is 254 g/mol. The smallest absolute Gasteiger partial charge is 0.0702 e. The minimum atomic E-state index is 0.139. The molecule has 3 unspecified atom stereocenters. The zero-order chi connectivity index (χ0) is 13.2. The molecule has 0 spiro atoms. The summed E-state index contributed by atoms with van der Waals surface area (Å²) in [6.07, 6.45) is 7.17. The van der Waals surface area contributed by atoms with Gasteiger partial charge < -0.3 is 5.73 Å². The second-order valence-electron chi connectivity index (χ2n) is 6.02. The lowest BCUT2D eigenvalue weighted by atomic mass is 9.77. The van der Waals surface area contributed by atoms with Crippen LogP contribution < -0.4 is 5.73 Å². The maximum atomic E-state index is 6.48. The van der Waals surface area contributed by atoms with E-state index in [9.17, 15) is 0 Å². The Bertz CT molecular complexity index is 564. The van der Waals surface area contributed by atoms with E-state index in [0.717, 1.165) is 11.4 Å². The first-order valence-corrected chi connectivity index (χ1v) is 7.34. The topological polar surface area (TPSA) is 38.9 Å². The average molecular weight is 254 g/mol. The fourth-order valence-corrected chi connectivity index (χ4v) is 3.35. The van der Waals surface area contributed by atoms with Gasteiger partial charge in [-0.05, 0) is 42.4 Å². The van der Waals surface area contributed by atoms with Crippen molar-refractivity contribution >= 4 is 10.9 Å². The van der Waals surface area contributed by atoms with Crippen molar-refractivity contribution in [1.82, 2.24) is 4.98 Å². The largest absolute Gasteiger partial charge is 0.324 e. The summed E-state index contributed by atoms with van der Waals surface area (Å²) in [6.45, 7) is 2.34. The predicted molar refractivity (Wildman–Crippen MR) is 79.8 cm³/mol. The number of nitrogens with zero attached hydrogens (tertiary/aromatic N) is 1. The molecule has 100 valence electrons. The molecule has 0 saturated heterocycles. The van der Waals surface area contributed by atoms with Crippen molar-refractivity contribution in [2.75, 3.05) is 0 Å². The third-order valence-corrected chi connectivity index (χ3v) is 4.48. The second-order valence-corrected chi connectivity index (χ2v) is 6.02. The maximum Gasteiger partial charge on any atom is 0.0702 e. The molecule has 2 N–H and O–H groups in total. The van der Waals surface area contributed by atoms with Crippen molar-refractivity contribution in [3.63, 3.8) is 0 Å². The van der Waals surface area contributed by atoms with Crippen LogP contribution in [0.4, 0.5) is 0 Å². The van der Waals surface area contributed by atoms with Crippen LogP contribution in [0.25, 0.3) is 10.9 Å². The standard InChI is InChI=1S/C17H22N2/c1-12-5-4-7-14(9-12)17(18)15-10-13-6-2-3-8-16(13)19-11-15/h2-3,6,8,10-12,14,17H,4-5,7,9,18H2,1H3. The SMILES string of the molecule is CC1CCCC(C(N)c2cnc3ccccc3c2)C1. The molecule has 0 aliphatic heterocycles. The van der Waals surface area contributed by atoms with Gasteiger partial charge in [0.1, 0.15) is 0 Å². The fraction of sp³-hybridized carbons (Fsp3) is 0.471.